The van der Waals surface area contributed by atoms with Crippen LogP contribution in [0.25, 0.3) is 0 Å². The lowest BCUT2D eigenvalue weighted by Crippen LogP contribution is -2.21. The smallest absolute Gasteiger partial charge is 0.341 e. The molecule has 2 rings (SSSR count). The molecule has 0 spiro atoms. The van der Waals surface area contributed by atoms with Gasteiger partial charge in [0.15, 0.2) is 0 Å². The molecule has 0 aliphatic heterocycles. The lowest BCUT2D eigenvalue weighted by atomic mass is 10.1. The summed E-state index contributed by atoms with van der Waals surface area (Å²) in [7, 11) is 3.17. The van der Waals surface area contributed by atoms with E-state index in [1.165, 1.54) is 4.90 Å². The average Bonchev–Trinajstić information content (AvgIpc) is 3.23. The Morgan fingerprint density at radius 3 is 2.62 bits per heavy atom. The second-order valence-corrected chi connectivity index (χ2v) is 7.32. The second kappa shape index (κ2) is 9.28. The number of hydrogen-bond donors (Lipinski definition) is 1. The molecule has 0 atom stereocenters. The molecule has 11 nitrogen and oxygen atoms in total. The van der Waals surface area contributed by atoms with Crippen LogP contribution in [0, 0.1) is 17.0 Å². The van der Waals surface area contributed by atoms with Gasteiger partial charge in [0.25, 0.3) is 5.91 Å². The minimum atomic E-state index is -0.636. The summed E-state index contributed by atoms with van der Waals surface area (Å²) < 4.78 is 6.29. The summed E-state index contributed by atoms with van der Waals surface area (Å²) in [4.78, 5) is 49.1. The molecule has 0 saturated heterocycles. The van der Waals surface area contributed by atoms with Gasteiger partial charge in [-0.3, -0.25) is 24.4 Å². The van der Waals surface area contributed by atoms with Gasteiger partial charge in [0.05, 0.1) is 22.0 Å². The van der Waals surface area contributed by atoms with Gasteiger partial charge in [0, 0.05) is 14.1 Å². The Morgan fingerprint density at radius 2 is 2.07 bits per heavy atom. The van der Waals surface area contributed by atoms with Crippen LogP contribution in [0.1, 0.15) is 38.9 Å². The Kier molecular flexibility index (Phi) is 7.04. The number of ether oxygens (including phenoxy) is 1. The van der Waals surface area contributed by atoms with E-state index in [2.05, 4.69) is 10.4 Å². The molecule has 156 valence electrons. The van der Waals surface area contributed by atoms with Crippen molar-refractivity contribution in [3.05, 3.63) is 38.5 Å². The average molecular weight is 423 g/mol. The molecule has 2 amide bonds. The van der Waals surface area contributed by atoms with Gasteiger partial charge >= 0.3 is 11.7 Å². The summed E-state index contributed by atoms with van der Waals surface area (Å²) >= 11 is 0.971. The van der Waals surface area contributed by atoms with Crippen LogP contribution in [-0.4, -0.2) is 58.1 Å². The molecule has 2 heterocycles. The Balaban J connectivity index is 2.29. The van der Waals surface area contributed by atoms with E-state index in [1.807, 2.05) is 6.92 Å². The Bertz CT molecular complexity index is 948. The van der Waals surface area contributed by atoms with Gasteiger partial charge in [0.2, 0.25) is 5.91 Å². The summed E-state index contributed by atoms with van der Waals surface area (Å²) in [5, 5.41) is 17.2. The monoisotopic (exact) mass is 423 g/mol. The number of esters is 1. The summed E-state index contributed by atoms with van der Waals surface area (Å²) in [6.07, 6.45) is 2.78. The molecule has 0 saturated carbocycles. The van der Waals surface area contributed by atoms with Crippen molar-refractivity contribution in [3.8, 4) is 0 Å². The van der Waals surface area contributed by atoms with Crippen molar-refractivity contribution in [2.75, 3.05) is 26.0 Å². The first-order chi connectivity index (χ1) is 13.6. The highest BCUT2D eigenvalue weighted by Gasteiger charge is 2.27. The van der Waals surface area contributed by atoms with E-state index in [-0.39, 0.29) is 35.3 Å². The molecule has 1 N–H and O–H groups in total. The lowest BCUT2D eigenvalue weighted by molar-refractivity contribution is -0.385. The molecule has 0 radical (unpaired) electrons. The van der Waals surface area contributed by atoms with Crippen LogP contribution in [0.2, 0.25) is 0 Å². The predicted molar refractivity (Wildman–Crippen MR) is 105 cm³/mol. The number of nitrogens with one attached hydrogen (secondary N) is 1. The van der Waals surface area contributed by atoms with Crippen LogP contribution >= 0.6 is 11.3 Å². The number of nitro groups is 1. The maximum atomic E-state index is 12.5. The minimum absolute atomic E-state index is 0.119. The SMILES string of the molecule is CCCOC(=O)c1c(NC(=O)Cn2cc([N+](=O)[O-])cn2)sc(C(=O)N(C)C)c1C. The summed E-state index contributed by atoms with van der Waals surface area (Å²) in [5.74, 6) is -1.50. The van der Waals surface area contributed by atoms with Crippen molar-refractivity contribution in [3.63, 3.8) is 0 Å². The first-order valence-electron chi connectivity index (χ1n) is 8.64. The number of rotatable bonds is 8. The third-order valence-electron chi connectivity index (χ3n) is 3.78. The number of hydrogen-bond acceptors (Lipinski definition) is 8. The highest BCUT2D eigenvalue weighted by molar-refractivity contribution is 7.18. The van der Waals surface area contributed by atoms with E-state index >= 15 is 0 Å². The van der Waals surface area contributed by atoms with Crippen LogP contribution in [0.15, 0.2) is 12.4 Å². The number of anilines is 1. The van der Waals surface area contributed by atoms with E-state index in [4.69, 9.17) is 4.74 Å². The molecule has 0 aliphatic rings. The number of thiophene rings is 1. The van der Waals surface area contributed by atoms with Crippen LogP contribution < -0.4 is 5.32 Å². The minimum Gasteiger partial charge on any atom is -0.462 e. The number of carbonyl (C=O) groups is 3. The maximum Gasteiger partial charge on any atom is 0.341 e. The summed E-state index contributed by atoms with van der Waals surface area (Å²) in [6, 6.07) is 0. The molecule has 2 aromatic rings. The van der Waals surface area contributed by atoms with Gasteiger partial charge < -0.3 is 15.0 Å². The highest BCUT2D eigenvalue weighted by atomic mass is 32.1. The zero-order valence-electron chi connectivity index (χ0n) is 16.4. The fourth-order valence-electron chi connectivity index (χ4n) is 2.37. The molecule has 0 aromatic carbocycles. The molecule has 29 heavy (non-hydrogen) atoms. The zero-order valence-corrected chi connectivity index (χ0v) is 17.2. The van der Waals surface area contributed by atoms with Crippen LogP contribution in [0.3, 0.4) is 0 Å². The molecular formula is C17H21N5O6S. The normalized spacial score (nSPS) is 10.5. The largest absolute Gasteiger partial charge is 0.462 e. The molecule has 12 heteroatoms. The van der Waals surface area contributed by atoms with E-state index in [0.29, 0.717) is 16.9 Å². The van der Waals surface area contributed by atoms with Gasteiger partial charge in [-0.15, -0.1) is 11.3 Å². The number of amides is 2. The summed E-state index contributed by atoms with van der Waals surface area (Å²) in [5.41, 5.74) is 0.292. The van der Waals surface area contributed by atoms with E-state index in [1.54, 1.807) is 21.0 Å². The van der Waals surface area contributed by atoms with Crippen molar-refractivity contribution in [1.82, 2.24) is 14.7 Å². The van der Waals surface area contributed by atoms with Crippen LogP contribution in [0.5, 0.6) is 0 Å². The van der Waals surface area contributed by atoms with Crippen molar-refractivity contribution in [1.29, 1.82) is 0 Å². The highest BCUT2D eigenvalue weighted by Crippen LogP contribution is 2.34. The first-order valence-corrected chi connectivity index (χ1v) is 9.46. The molecule has 0 aliphatic carbocycles. The third-order valence-corrected chi connectivity index (χ3v) is 4.97. The first kappa shape index (κ1) is 22.0. The van der Waals surface area contributed by atoms with Gasteiger partial charge in [-0.25, -0.2) is 4.79 Å². The molecule has 0 bridgehead atoms. The quantitative estimate of drug-likeness (QED) is 0.390. The van der Waals surface area contributed by atoms with E-state index < -0.39 is 16.8 Å². The van der Waals surface area contributed by atoms with Crippen LogP contribution in [0.4, 0.5) is 10.7 Å². The Labute approximate surface area is 170 Å². The molecule has 2 aromatic heterocycles. The standard InChI is InChI=1S/C17H21N5O6S/c1-5-6-28-17(25)13-10(2)14(16(24)20(3)4)29-15(13)19-12(23)9-21-8-11(7-18-21)22(26)27/h7-8H,5-6,9H2,1-4H3,(H,19,23). The number of carbonyl (C=O) groups excluding carboxylic acids is 3. The van der Waals surface area contributed by atoms with Gasteiger partial charge in [-0.2, -0.15) is 5.10 Å². The maximum absolute atomic E-state index is 12.5. The lowest BCUT2D eigenvalue weighted by Gasteiger charge is -2.09. The van der Waals surface area contributed by atoms with Gasteiger partial charge in [-0.05, 0) is 18.9 Å². The Morgan fingerprint density at radius 1 is 1.38 bits per heavy atom. The second-order valence-electron chi connectivity index (χ2n) is 6.30. The topological polar surface area (TPSA) is 137 Å². The van der Waals surface area contributed by atoms with E-state index in [0.717, 1.165) is 28.4 Å². The molecule has 0 fully saturated rings. The van der Waals surface area contributed by atoms with Gasteiger partial charge in [-0.1, -0.05) is 6.92 Å². The molecule has 0 unspecified atom stereocenters. The zero-order chi connectivity index (χ0) is 21.7. The number of nitrogens with zero attached hydrogens (tertiary/aromatic N) is 4. The fraction of sp³-hybridized carbons (Fsp3) is 0.412. The van der Waals surface area contributed by atoms with Crippen molar-refractivity contribution >= 4 is 39.8 Å². The Hall–Kier alpha value is -3.28. The van der Waals surface area contributed by atoms with Crippen molar-refractivity contribution < 1.29 is 24.0 Å². The molecular weight excluding hydrogens is 402 g/mol. The summed E-state index contributed by atoms with van der Waals surface area (Å²) in [6.45, 7) is 3.36. The third kappa shape index (κ3) is 5.16. The number of aromatic nitrogens is 2. The van der Waals surface area contributed by atoms with Gasteiger partial charge in [0.1, 0.15) is 23.9 Å². The van der Waals surface area contributed by atoms with E-state index in [9.17, 15) is 24.5 Å². The fourth-order valence-corrected chi connectivity index (χ4v) is 3.60. The van der Waals surface area contributed by atoms with Crippen molar-refractivity contribution in [2.24, 2.45) is 0 Å². The van der Waals surface area contributed by atoms with Crippen LogP contribution in [-0.2, 0) is 16.1 Å². The predicted octanol–water partition coefficient (Wildman–Crippen LogP) is 2.07. The van der Waals surface area contributed by atoms with Crippen molar-refractivity contribution in [2.45, 2.75) is 26.8 Å².